The first kappa shape index (κ1) is 13.2. The van der Waals surface area contributed by atoms with Crippen molar-refractivity contribution >= 4 is 6.09 Å². The standard InChI is InChI=1S/C11H20FNO3/c1-11(2,3)16-10(15)13-6-4-5-8(12)9(14)7-13/h8-9,14H,4-7H2,1-3H3/t8-,9-/m1/s1. The Labute approximate surface area is 95.4 Å². The van der Waals surface area contributed by atoms with E-state index < -0.39 is 24.0 Å². The zero-order valence-corrected chi connectivity index (χ0v) is 10.1. The van der Waals surface area contributed by atoms with E-state index in [4.69, 9.17) is 4.74 Å². The quantitative estimate of drug-likeness (QED) is 0.693. The van der Waals surface area contributed by atoms with Gasteiger partial charge in [-0.25, -0.2) is 9.18 Å². The molecule has 4 nitrogen and oxygen atoms in total. The average Bonchev–Trinajstić information content (AvgIpc) is 2.27. The molecule has 1 aliphatic rings. The van der Waals surface area contributed by atoms with E-state index in [2.05, 4.69) is 0 Å². The van der Waals surface area contributed by atoms with Crippen LogP contribution in [-0.2, 0) is 4.74 Å². The molecule has 0 aliphatic carbocycles. The van der Waals surface area contributed by atoms with Crippen molar-refractivity contribution in [1.82, 2.24) is 4.90 Å². The van der Waals surface area contributed by atoms with Crippen molar-refractivity contribution in [2.45, 2.75) is 51.5 Å². The number of aliphatic hydroxyl groups is 1. The predicted molar refractivity (Wildman–Crippen MR) is 57.9 cm³/mol. The van der Waals surface area contributed by atoms with Crippen LogP contribution in [-0.4, -0.2) is 47.1 Å². The Bertz CT molecular complexity index is 252. The number of aliphatic hydroxyl groups excluding tert-OH is 1. The fourth-order valence-electron chi connectivity index (χ4n) is 1.59. The van der Waals surface area contributed by atoms with E-state index >= 15 is 0 Å². The Balaban J connectivity index is 2.56. The Morgan fingerprint density at radius 1 is 1.50 bits per heavy atom. The van der Waals surface area contributed by atoms with Gasteiger partial charge in [-0.15, -0.1) is 0 Å². The number of alkyl halides is 1. The second-order valence-corrected chi connectivity index (χ2v) is 5.15. The Kier molecular flexibility index (Phi) is 4.13. The van der Waals surface area contributed by atoms with Crippen LogP contribution in [0.15, 0.2) is 0 Å². The number of hydrogen-bond acceptors (Lipinski definition) is 3. The summed E-state index contributed by atoms with van der Waals surface area (Å²) in [7, 11) is 0. The number of carbonyl (C=O) groups excluding carboxylic acids is 1. The van der Waals surface area contributed by atoms with Crippen LogP contribution in [0.1, 0.15) is 33.6 Å². The first-order valence-corrected chi connectivity index (χ1v) is 5.59. The molecule has 0 saturated carbocycles. The van der Waals surface area contributed by atoms with Crippen molar-refractivity contribution in [3.05, 3.63) is 0 Å². The molecule has 0 aromatic heterocycles. The third-order valence-corrected chi connectivity index (χ3v) is 2.38. The number of hydrogen-bond donors (Lipinski definition) is 1. The van der Waals surface area contributed by atoms with Gasteiger partial charge in [-0.1, -0.05) is 0 Å². The van der Waals surface area contributed by atoms with E-state index in [1.807, 2.05) is 0 Å². The first-order valence-electron chi connectivity index (χ1n) is 5.59. The topological polar surface area (TPSA) is 49.8 Å². The minimum absolute atomic E-state index is 0.0100. The molecule has 1 heterocycles. The lowest BCUT2D eigenvalue weighted by Crippen LogP contribution is -2.41. The number of likely N-dealkylation sites (tertiary alicyclic amines) is 1. The highest BCUT2D eigenvalue weighted by Gasteiger charge is 2.30. The lowest BCUT2D eigenvalue weighted by Gasteiger charge is -2.27. The lowest BCUT2D eigenvalue weighted by atomic mass is 10.1. The van der Waals surface area contributed by atoms with Gasteiger partial charge in [-0.2, -0.15) is 0 Å². The van der Waals surface area contributed by atoms with E-state index in [9.17, 15) is 14.3 Å². The van der Waals surface area contributed by atoms with E-state index in [0.29, 0.717) is 19.4 Å². The van der Waals surface area contributed by atoms with Crippen molar-refractivity contribution < 1.29 is 19.0 Å². The summed E-state index contributed by atoms with van der Waals surface area (Å²) in [5.74, 6) is 0. The Morgan fingerprint density at radius 3 is 2.69 bits per heavy atom. The van der Waals surface area contributed by atoms with Crippen LogP contribution in [0.5, 0.6) is 0 Å². The second kappa shape index (κ2) is 4.99. The molecule has 5 heteroatoms. The van der Waals surface area contributed by atoms with E-state index in [0.717, 1.165) is 0 Å². The smallest absolute Gasteiger partial charge is 0.410 e. The molecule has 1 fully saturated rings. The maximum atomic E-state index is 13.2. The molecule has 0 radical (unpaired) electrons. The van der Waals surface area contributed by atoms with Crippen molar-refractivity contribution in [1.29, 1.82) is 0 Å². The number of amides is 1. The molecule has 94 valence electrons. The van der Waals surface area contributed by atoms with Gasteiger partial charge in [0.2, 0.25) is 0 Å². The number of rotatable bonds is 0. The number of ether oxygens (including phenoxy) is 1. The highest BCUT2D eigenvalue weighted by atomic mass is 19.1. The van der Waals surface area contributed by atoms with Gasteiger partial charge >= 0.3 is 6.09 Å². The molecule has 1 rings (SSSR count). The predicted octanol–water partition coefficient (Wildman–Crippen LogP) is 1.72. The third-order valence-electron chi connectivity index (χ3n) is 2.38. The van der Waals surface area contributed by atoms with Crippen LogP contribution in [0.4, 0.5) is 9.18 Å². The Morgan fingerprint density at radius 2 is 2.12 bits per heavy atom. The molecule has 0 bridgehead atoms. The zero-order chi connectivity index (χ0) is 12.3. The summed E-state index contributed by atoms with van der Waals surface area (Å²) < 4.78 is 18.4. The van der Waals surface area contributed by atoms with Gasteiger partial charge in [0, 0.05) is 6.54 Å². The molecule has 2 atom stereocenters. The molecule has 1 saturated heterocycles. The number of β-amino-alcohol motifs (C(OH)–C–C–N with tert-alkyl or cyclic N) is 1. The summed E-state index contributed by atoms with van der Waals surface area (Å²) in [6.07, 6.45) is -1.99. The zero-order valence-electron chi connectivity index (χ0n) is 10.1. The van der Waals surface area contributed by atoms with E-state index in [-0.39, 0.29) is 6.54 Å². The SMILES string of the molecule is CC(C)(C)OC(=O)N1CCC[C@@H](F)[C@H](O)C1. The van der Waals surface area contributed by atoms with E-state index in [1.165, 1.54) is 4.90 Å². The molecular weight excluding hydrogens is 213 g/mol. The Hall–Kier alpha value is -0.840. The maximum Gasteiger partial charge on any atom is 0.410 e. The highest BCUT2D eigenvalue weighted by Crippen LogP contribution is 2.17. The fourth-order valence-corrected chi connectivity index (χ4v) is 1.59. The van der Waals surface area contributed by atoms with Crippen molar-refractivity contribution in [3.8, 4) is 0 Å². The molecule has 0 spiro atoms. The number of carbonyl (C=O) groups is 1. The van der Waals surface area contributed by atoms with Crippen LogP contribution in [0.3, 0.4) is 0 Å². The monoisotopic (exact) mass is 233 g/mol. The molecule has 1 aliphatic heterocycles. The van der Waals surface area contributed by atoms with Crippen LogP contribution < -0.4 is 0 Å². The summed E-state index contributed by atoms with van der Waals surface area (Å²) >= 11 is 0. The summed E-state index contributed by atoms with van der Waals surface area (Å²) in [5.41, 5.74) is -0.566. The van der Waals surface area contributed by atoms with E-state index in [1.54, 1.807) is 20.8 Å². The van der Waals surface area contributed by atoms with Crippen molar-refractivity contribution in [2.75, 3.05) is 13.1 Å². The summed E-state index contributed by atoms with van der Waals surface area (Å²) in [4.78, 5) is 13.1. The molecule has 0 aromatic rings. The first-order chi connectivity index (χ1) is 7.29. The maximum absolute atomic E-state index is 13.2. The van der Waals surface area contributed by atoms with Gasteiger partial charge in [0.15, 0.2) is 0 Å². The minimum atomic E-state index is -1.24. The third kappa shape index (κ3) is 3.96. The second-order valence-electron chi connectivity index (χ2n) is 5.15. The molecular formula is C11H20FNO3. The number of nitrogens with zero attached hydrogens (tertiary/aromatic N) is 1. The normalized spacial score (nSPS) is 27.4. The largest absolute Gasteiger partial charge is 0.444 e. The highest BCUT2D eigenvalue weighted by molar-refractivity contribution is 5.68. The molecule has 0 unspecified atom stereocenters. The summed E-state index contributed by atoms with van der Waals surface area (Å²) in [5, 5.41) is 9.45. The molecule has 1 amide bonds. The lowest BCUT2D eigenvalue weighted by molar-refractivity contribution is 0.0104. The van der Waals surface area contributed by atoms with Gasteiger partial charge in [0.05, 0.1) is 6.54 Å². The number of halogens is 1. The summed E-state index contributed by atoms with van der Waals surface area (Å²) in [6.45, 7) is 5.77. The molecule has 1 N–H and O–H groups in total. The van der Waals surface area contributed by atoms with Crippen molar-refractivity contribution in [3.63, 3.8) is 0 Å². The van der Waals surface area contributed by atoms with Crippen LogP contribution >= 0.6 is 0 Å². The van der Waals surface area contributed by atoms with Gasteiger partial charge in [0.1, 0.15) is 17.9 Å². The van der Waals surface area contributed by atoms with Gasteiger partial charge < -0.3 is 14.7 Å². The minimum Gasteiger partial charge on any atom is -0.444 e. The fraction of sp³-hybridized carbons (Fsp3) is 0.909. The van der Waals surface area contributed by atoms with Crippen molar-refractivity contribution in [2.24, 2.45) is 0 Å². The van der Waals surface area contributed by atoms with Crippen LogP contribution in [0.2, 0.25) is 0 Å². The van der Waals surface area contributed by atoms with Crippen LogP contribution in [0.25, 0.3) is 0 Å². The summed E-state index contributed by atoms with van der Waals surface area (Å²) in [6, 6.07) is 0. The van der Waals surface area contributed by atoms with Crippen LogP contribution in [0, 0.1) is 0 Å². The molecule has 16 heavy (non-hydrogen) atoms. The van der Waals surface area contributed by atoms with Gasteiger partial charge in [-0.05, 0) is 33.6 Å². The average molecular weight is 233 g/mol. The molecule has 0 aromatic carbocycles. The van der Waals surface area contributed by atoms with Gasteiger partial charge in [0.25, 0.3) is 0 Å². The van der Waals surface area contributed by atoms with Gasteiger partial charge in [-0.3, -0.25) is 0 Å².